The smallest absolute Gasteiger partial charge is 0.171 e. The maximum Gasteiger partial charge on any atom is 0.171 e. The Bertz CT molecular complexity index is 875. The first-order chi connectivity index (χ1) is 15.0. The van der Waals surface area contributed by atoms with Crippen LogP contribution in [0.4, 0.5) is 5.69 Å². The zero-order chi connectivity index (χ0) is 24.6. The molecule has 1 atom stereocenters. The molecule has 0 bridgehead atoms. The van der Waals surface area contributed by atoms with Gasteiger partial charge in [-0.3, -0.25) is 0 Å². The van der Waals surface area contributed by atoms with E-state index < -0.39 is 0 Å². The lowest BCUT2D eigenvalue weighted by Crippen LogP contribution is -2.31. The average molecular weight is 456 g/mol. The topological polar surface area (TPSA) is 50.7 Å². The molecule has 1 heterocycles. The van der Waals surface area contributed by atoms with Crippen molar-refractivity contribution >= 4 is 29.2 Å². The lowest BCUT2D eigenvalue weighted by Gasteiger charge is -2.35. The fourth-order valence-electron chi connectivity index (χ4n) is 4.02. The minimum Gasteiger partial charge on any atom is -0.390 e. The zero-order valence-electron chi connectivity index (χ0n) is 22.2. The second-order valence-corrected chi connectivity index (χ2v) is 10.6. The zero-order valence-corrected chi connectivity index (χ0v) is 23.0. The van der Waals surface area contributed by atoms with Gasteiger partial charge in [0.15, 0.2) is 5.84 Å². The summed E-state index contributed by atoms with van der Waals surface area (Å²) in [5, 5.41) is 2.15. The number of nitrogens with zero attached hydrogens (tertiary/aromatic N) is 2. The summed E-state index contributed by atoms with van der Waals surface area (Å²) in [7, 11) is 0. The predicted octanol–water partition coefficient (Wildman–Crippen LogP) is 8.66. The van der Waals surface area contributed by atoms with Gasteiger partial charge in [-0.1, -0.05) is 94.4 Å². The minimum absolute atomic E-state index is 0.00678. The van der Waals surface area contributed by atoms with Crippen LogP contribution in [0, 0.1) is 11.8 Å². The van der Waals surface area contributed by atoms with E-state index in [0.717, 1.165) is 10.6 Å². The SMILES string of the molecule is CC.CC(C)c1cccc(C(C)C)c1N=C(N=CN)c1sccc1C(C)(C)C(C)C(C)C. The molecular weight excluding hydrogens is 410 g/mol. The molecule has 178 valence electrons. The highest BCUT2D eigenvalue weighted by atomic mass is 32.1. The van der Waals surface area contributed by atoms with Crippen molar-refractivity contribution < 1.29 is 0 Å². The minimum atomic E-state index is 0.00678. The van der Waals surface area contributed by atoms with Gasteiger partial charge in [-0.2, -0.15) is 0 Å². The Hall–Kier alpha value is -1.94. The summed E-state index contributed by atoms with van der Waals surface area (Å²) in [4.78, 5) is 10.8. The largest absolute Gasteiger partial charge is 0.390 e. The molecule has 0 spiro atoms. The van der Waals surface area contributed by atoms with Crippen molar-refractivity contribution in [1.29, 1.82) is 0 Å². The summed E-state index contributed by atoms with van der Waals surface area (Å²) in [6, 6.07) is 8.73. The molecule has 1 aromatic carbocycles. The van der Waals surface area contributed by atoms with Crippen LogP contribution in [0.2, 0.25) is 0 Å². The molecule has 1 unspecified atom stereocenters. The first kappa shape index (κ1) is 28.1. The van der Waals surface area contributed by atoms with E-state index in [2.05, 4.69) is 97.0 Å². The number of rotatable bonds is 7. The Morgan fingerprint density at radius 3 is 1.91 bits per heavy atom. The second-order valence-electron chi connectivity index (χ2n) is 9.73. The highest BCUT2D eigenvalue weighted by Crippen LogP contribution is 2.41. The monoisotopic (exact) mass is 455 g/mol. The van der Waals surface area contributed by atoms with Gasteiger partial charge in [0, 0.05) is 0 Å². The van der Waals surface area contributed by atoms with Crippen LogP contribution in [0.25, 0.3) is 0 Å². The van der Waals surface area contributed by atoms with E-state index in [9.17, 15) is 0 Å². The van der Waals surface area contributed by atoms with E-state index in [-0.39, 0.29) is 5.41 Å². The third-order valence-electron chi connectivity index (χ3n) is 6.46. The van der Waals surface area contributed by atoms with Crippen LogP contribution in [0.1, 0.15) is 110 Å². The summed E-state index contributed by atoms with van der Waals surface area (Å²) >= 11 is 1.70. The van der Waals surface area contributed by atoms with Gasteiger partial charge in [0.1, 0.15) is 0 Å². The van der Waals surface area contributed by atoms with E-state index in [1.165, 1.54) is 23.0 Å². The molecule has 2 N–H and O–H groups in total. The van der Waals surface area contributed by atoms with Crippen molar-refractivity contribution in [2.45, 2.75) is 93.4 Å². The van der Waals surface area contributed by atoms with E-state index in [1.807, 2.05) is 13.8 Å². The molecule has 0 aliphatic rings. The third kappa shape index (κ3) is 6.31. The average Bonchev–Trinajstić information content (AvgIpc) is 3.24. The van der Waals surface area contributed by atoms with Crippen LogP contribution in [0.3, 0.4) is 0 Å². The Morgan fingerprint density at radius 1 is 0.938 bits per heavy atom. The molecular formula is C28H45N3S. The summed E-state index contributed by atoms with van der Waals surface area (Å²) in [6.07, 6.45) is 1.37. The number of nitrogens with two attached hydrogens (primary N) is 1. The molecule has 3 nitrogen and oxygen atoms in total. The molecule has 0 saturated heterocycles. The third-order valence-corrected chi connectivity index (χ3v) is 7.37. The maximum absolute atomic E-state index is 5.78. The van der Waals surface area contributed by atoms with Gasteiger partial charge in [-0.15, -0.1) is 11.3 Å². The fraction of sp³-hybridized carbons (Fsp3) is 0.571. The van der Waals surface area contributed by atoms with Gasteiger partial charge in [-0.05, 0) is 57.2 Å². The first-order valence-corrected chi connectivity index (χ1v) is 12.9. The van der Waals surface area contributed by atoms with Crippen LogP contribution < -0.4 is 5.73 Å². The summed E-state index contributed by atoms with van der Waals surface area (Å²) < 4.78 is 0. The van der Waals surface area contributed by atoms with Gasteiger partial charge >= 0.3 is 0 Å². The van der Waals surface area contributed by atoms with E-state index in [0.29, 0.717) is 29.5 Å². The summed E-state index contributed by atoms with van der Waals surface area (Å²) in [6.45, 7) is 24.4. The van der Waals surface area contributed by atoms with Crippen molar-refractivity contribution in [3.8, 4) is 0 Å². The lowest BCUT2D eigenvalue weighted by molar-refractivity contribution is 0.264. The Labute approximate surface area is 201 Å². The summed E-state index contributed by atoms with van der Waals surface area (Å²) in [5.74, 6) is 2.57. The number of aliphatic imine (C=N–C) groups is 2. The van der Waals surface area contributed by atoms with Gasteiger partial charge in [0.2, 0.25) is 0 Å². The van der Waals surface area contributed by atoms with Crippen LogP contribution in [-0.2, 0) is 5.41 Å². The highest BCUT2D eigenvalue weighted by Gasteiger charge is 2.33. The quantitative estimate of drug-likeness (QED) is 0.329. The number of benzene rings is 1. The van der Waals surface area contributed by atoms with Crippen LogP contribution in [-0.4, -0.2) is 12.2 Å². The van der Waals surface area contributed by atoms with Crippen molar-refractivity contribution in [3.63, 3.8) is 0 Å². The molecule has 4 heteroatoms. The molecule has 1 aromatic heterocycles. The van der Waals surface area contributed by atoms with E-state index >= 15 is 0 Å². The van der Waals surface area contributed by atoms with Crippen molar-refractivity contribution in [3.05, 3.63) is 51.2 Å². The van der Waals surface area contributed by atoms with Crippen LogP contribution >= 0.6 is 11.3 Å². The molecule has 2 aromatic rings. The second kappa shape index (κ2) is 12.3. The van der Waals surface area contributed by atoms with Crippen molar-refractivity contribution in [2.75, 3.05) is 0 Å². The van der Waals surface area contributed by atoms with Gasteiger partial charge < -0.3 is 5.73 Å². The fourth-order valence-corrected chi connectivity index (χ4v) is 5.03. The van der Waals surface area contributed by atoms with Crippen LogP contribution in [0.15, 0.2) is 39.6 Å². The Balaban J connectivity index is 0.00000249. The van der Waals surface area contributed by atoms with Crippen molar-refractivity contribution in [1.82, 2.24) is 0 Å². The molecule has 0 fully saturated rings. The predicted molar refractivity (Wildman–Crippen MR) is 146 cm³/mol. The molecule has 0 amide bonds. The highest BCUT2D eigenvalue weighted by molar-refractivity contribution is 7.12. The van der Waals surface area contributed by atoms with Gasteiger partial charge in [0.05, 0.1) is 16.9 Å². The number of amidine groups is 1. The Morgan fingerprint density at radius 2 is 1.47 bits per heavy atom. The lowest BCUT2D eigenvalue weighted by atomic mass is 9.70. The molecule has 32 heavy (non-hydrogen) atoms. The standard InChI is InChI=1S/C26H39N3S.C2H6/c1-16(2)19(7)26(8,9)22-13-14-30-24(22)25(28-15-27)29-23-20(17(3)4)11-10-12-21(23)18(5)6;1-2/h10-19H,1-9H3,(H2,27,28,29);1-2H3. The molecule has 0 aliphatic carbocycles. The van der Waals surface area contributed by atoms with Gasteiger partial charge in [0.25, 0.3) is 0 Å². The first-order valence-electron chi connectivity index (χ1n) is 12.1. The molecule has 0 aliphatic heterocycles. The normalized spacial score (nSPS) is 13.8. The summed E-state index contributed by atoms with van der Waals surface area (Å²) in [5.41, 5.74) is 10.6. The molecule has 2 rings (SSSR count). The van der Waals surface area contributed by atoms with Gasteiger partial charge in [-0.25, -0.2) is 9.98 Å². The number of thiophene rings is 1. The van der Waals surface area contributed by atoms with E-state index in [4.69, 9.17) is 10.7 Å². The number of para-hydroxylation sites is 1. The van der Waals surface area contributed by atoms with Crippen LogP contribution in [0.5, 0.6) is 0 Å². The molecule has 0 saturated carbocycles. The van der Waals surface area contributed by atoms with Crippen molar-refractivity contribution in [2.24, 2.45) is 27.6 Å². The van der Waals surface area contributed by atoms with E-state index in [1.54, 1.807) is 11.3 Å². The Kier molecular flexibility index (Phi) is 10.8. The molecule has 0 radical (unpaired) electrons. The number of hydrogen-bond acceptors (Lipinski definition) is 2. The number of hydrogen-bond donors (Lipinski definition) is 1. The maximum atomic E-state index is 5.78.